The minimum Gasteiger partial charge on any atom is -0.744 e. The maximum atomic E-state index is 12.3. The molecule has 0 spiro atoms. The summed E-state index contributed by atoms with van der Waals surface area (Å²) in [6, 6.07) is 8.88. The topological polar surface area (TPSA) is 184 Å². The summed E-state index contributed by atoms with van der Waals surface area (Å²) in [4.78, 5) is 42.3. The number of hydroxylamine groups is 2. The fraction of sp³-hybridized carbons (Fsp3) is 0.421. The smallest absolute Gasteiger partial charge is 0.744 e. The second-order valence-electron chi connectivity index (χ2n) is 14.0. The van der Waals surface area contributed by atoms with Crippen LogP contribution in [0, 0.1) is 0 Å². The summed E-state index contributed by atoms with van der Waals surface area (Å²) < 4.78 is 73.5. The standard InChI is InChI=1S/C38H45N3O10S2.Na/c1-6-39-30-19-17-26(52(45,46)47)24-28(30)37(3,4)32(39)14-10-8-11-15-33-38(5,29-25-27(53(48,49)50)18-20-31(29)40(33)7-2)23-13-9-12-16-36(44)51-41-34(42)21-22-35(41)43;/h8,10-11,14-15,17-20,24-25H,6-7,9,12-13,16,21-23H2,1-5H3,(H-,45,46,47,48,49,50);/q;+1/p-1. The van der Waals surface area contributed by atoms with Gasteiger partial charge >= 0.3 is 35.5 Å². The predicted octanol–water partition coefficient (Wildman–Crippen LogP) is 2.25. The van der Waals surface area contributed by atoms with E-state index in [2.05, 4.69) is 9.48 Å². The van der Waals surface area contributed by atoms with Crippen molar-refractivity contribution in [3.8, 4) is 0 Å². The van der Waals surface area contributed by atoms with Gasteiger partial charge in [0.25, 0.3) is 11.8 Å². The van der Waals surface area contributed by atoms with Gasteiger partial charge in [0.15, 0.2) is 5.71 Å². The first-order valence-corrected chi connectivity index (χ1v) is 20.4. The molecule has 5 rings (SSSR count). The van der Waals surface area contributed by atoms with E-state index in [-0.39, 0.29) is 58.6 Å². The van der Waals surface area contributed by atoms with Crippen molar-refractivity contribution in [3.63, 3.8) is 0 Å². The molecule has 13 nitrogen and oxygen atoms in total. The summed E-state index contributed by atoms with van der Waals surface area (Å²) in [5.74, 6) is -1.74. The number of benzene rings is 2. The third kappa shape index (κ3) is 8.67. The van der Waals surface area contributed by atoms with Crippen LogP contribution in [0.25, 0.3) is 0 Å². The molecular formula is C38H44N3NaO10S2. The molecule has 0 N–H and O–H groups in total. The second-order valence-corrected chi connectivity index (χ2v) is 16.8. The molecule has 0 bridgehead atoms. The zero-order valence-electron chi connectivity index (χ0n) is 31.5. The summed E-state index contributed by atoms with van der Waals surface area (Å²) in [6.07, 6.45) is 11.8. The second kappa shape index (κ2) is 16.7. The zero-order valence-corrected chi connectivity index (χ0v) is 35.1. The van der Waals surface area contributed by atoms with Gasteiger partial charge in [-0.25, -0.2) is 21.6 Å². The van der Waals surface area contributed by atoms with E-state index in [1.807, 2.05) is 65.0 Å². The number of fused-ring (bicyclic) bond motifs is 2. The van der Waals surface area contributed by atoms with Crippen molar-refractivity contribution in [1.82, 2.24) is 5.06 Å². The number of nitrogens with zero attached hydrogens (tertiary/aromatic N) is 3. The molecule has 2 amide bonds. The molecule has 16 heteroatoms. The van der Waals surface area contributed by atoms with Gasteiger partial charge in [-0.1, -0.05) is 31.1 Å². The summed E-state index contributed by atoms with van der Waals surface area (Å²) in [5.41, 5.74) is 3.62. The van der Waals surface area contributed by atoms with Crippen LogP contribution in [0.3, 0.4) is 0 Å². The Kier molecular flexibility index (Phi) is 13.4. The summed E-state index contributed by atoms with van der Waals surface area (Å²) in [5, 5.41) is 0.534. The molecule has 0 aliphatic carbocycles. The van der Waals surface area contributed by atoms with Crippen LogP contribution in [0.1, 0.15) is 90.7 Å². The van der Waals surface area contributed by atoms with Crippen molar-refractivity contribution in [2.24, 2.45) is 0 Å². The quantitative estimate of drug-likeness (QED) is 0.0683. The largest absolute Gasteiger partial charge is 1.00 e. The molecule has 1 unspecified atom stereocenters. The van der Waals surface area contributed by atoms with E-state index in [0.717, 1.165) is 28.3 Å². The number of unbranched alkanes of at least 4 members (excludes halogenated alkanes) is 2. The van der Waals surface area contributed by atoms with Gasteiger partial charge in [-0.15, -0.1) is 5.06 Å². The number of allylic oxidation sites excluding steroid dienone is 6. The average molecular weight is 790 g/mol. The molecule has 0 aromatic heterocycles. The Morgan fingerprint density at radius 3 is 2.07 bits per heavy atom. The Morgan fingerprint density at radius 2 is 1.48 bits per heavy atom. The van der Waals surface area contributed by atoms with Crippen molar-refractivity contribution >= 4 is 55.1 Å². The number of carbonyl (C=O) groups is 3. The molecule has 0 saturated carbocycles. The van der Waals surface area contributed by atoms with Crippen LogP contribution >= 0.6 is 0 Å². The molecule has 2 aromatic rings. The van der Waals surface area contributed by atoms with Crippen LogP contribution in [0.4, 0.5) is 11.4 Å². The molecule has 0 radical (unpaired) electrons. The number of carbonyl (C=O) groups excluding carboxylic acids is 3. The van der Waals surface area contributed by atoms with Gasteiger partial charge in [-0.05, 0) is 89.4 Å². The van der Waals surface area contributed by atoms with Crippen molar-refractivity contribution in [2.75, 3.05) is 18.0 Å². The average Bonchev–Trinajstić information content (AvgIpc) is 3.62. The number of anilines is 1. The van der Waals surface area contributed by atoms with Gasteiger partial charge in [0.05, 0.1) is 15.2 Å². The minimum absolute atomic E-state index is 0. The molecule has 284 valence electrons. The SMILES string of the molecule is CCN1/C(=C/C=C/C=C/C2=[N+](CC)c3ccc(S(=O)(=O)[O-])cc3C2(C)C)C(C)(CCCCCC(=O)ON2C(=O)CCC2=O)c2cc(S(=O)(=O)[O-])ccc21.[Na+]. The van der Waals surface area contributed by atoms with Crippen molar-refractivity contribution in [3.05, 3.63) is 83.6 Å². The first kappa shape index (κ1) is 43.3. The predicted molar refractivity (Wildman–Crippen MR) is 194 cm³/mol. The number of rotatable bonds is 14. The van der Waals surface area contributed by atoms with Crippen molar-refractivity contribution < 1.29 is 79.3 Å². The molecular weight excluding hydrogens is 746 g/mol. The van der Waals surface area contributed by atoms with Gasteiger partial charge in [-0.3, -0.25) is 9.59 Å². The molecule has 1 saturated heterocycles. The summed E-state index contributed by atoms with van der Waals surface area (Å²) in [7, 11) is -9.34. The normalized spacial score (nSPS) is 20.4. The van der Waals surface area contributed by atoms with Crippen molar-refractivity contribution in [2.45, 2.75) is 100 Å². The van der Waals surface area contributed by atoms with E-state index >= 15 is 0 Å². The summed E-state index contributed by atoms with van der Waals surface area (Å²) in [6.45, 7) is 11.1. The van der Waals surface area contributed by atoms with E-state index in [4.69, 9.17) is 4.84 Å². The van der Waals surface area contributed by atoms with Crippen LogP contribution in [-0.2, 0) is 50.3 Å². The van der Waals surface area contributed by atoms with Crippen LogP contribution in [0.2, 0.25) is 0 Å². The van der Waals surface area contributed by atoms with Crippen LogP contribution in [0.5, 0.6) is 0 Å². The maximum absolute atomic E-state index is 12.3. The molecule has 1 atom stereocenters. The van der Waals surface area contributed by atoms with Gasteiger partial charge in [-0.2, -0.15) is 4.58 Å². The Bertz CT molecular complexity index is 2180. The third-order valence-corrected chi connectivity index (χ3v) is 11.9. The first-order valence-electron chi connectivity index (χ1n) is 17.6. The molecule has 1 fully saturated rings. The van der Waals surface area contributed by atoms with E-state index in [0.29, 0.717) is 49.4 Å². The first-order chi connectivity index (χ1) is 24.8. The Hall–Kier alpha value is -3.44. The van der Waals surface area contributed by atoms with E-state index in [1.165, 1.54) is 24.3 Å². The Labute approximate surface area is 339 Å². The van der Waals surface area contributed by atoms with Crippen LogP contribution in [-0.4, -0.2) is 72.2 Å². The maximum Gasteiger partial charge on any atom is 1.00 e. The molecule has 3 aliphatic heterocycles. The number of hydrogen-bond donors (Lipinski definition) is 0. The van der Waals surface area contributed by atoms with Gasteiger partial charge in [0.2, 0.25) is 5.69 Å². The third-order valence-electron chi connectivity index (χ3n) is 10.3. The van der Waals surface area contributed by atoms with Gasteiger partial charge < -0.3 is 18.8 Å². The molecule has 54 heavy (non-hydrogen) atoms. The van der Waals surface area contributed by atoms with E-state index in [9.17, 15) is 40.3 Å². The zero-order chi connectivity index (χ0) is 38.9. The Morgan fingerprint density at radius 1 is 0.870 bits per heavy atom. The number of amides is 2. The van der Waals surface area contributed by atoms with E-state index in [1.54, 1.807) is 12.1 Å². The molecule has 3 aliphatic rings. The van der Waals surface area contributed by atoms with Crippen LogP contribution < -0.4 is 34.5 Å². The molecule has 3 heterocycles. The summed E-state index contributed by atoms with van der Waals surface area (Å²) >= 11 is 0. The van der Waals surface area contributed by atoms with E-state index < -0.39 is 48.8 Å². The number of imide groups is 1. The van der Waals surface area contributed by atoms with Gasteiger partial charge in [0, 0.05) is 60.3 Å². The molecule has 2 aromatic carbocycles. The monoisotopic (exact) mass is 789 g/mol. The van der Waals surface area contributed by atoms with Gasteiger partial charge in [0.1, 0.15) is 26.8 Å². The fourth-order valence-corrected chi connectivity index (χ4v) is 8.52. The minimum atomic E-state index is -4.72. The number of likely N-dealkylation sites (N-methyl/N-ethyl adjacent to an activating group) is 1. The Balaban J connectivity index is 0.00000650. The fourth-order valence-electron chi connectivity index (χ4n) is 7.53. The van der Waals surface area contributed by atoms with Crippen molar-refractivity contribution in [1.29, 1.82) is 0 Å². The van der Waals surface area contributed by atoms with Crippen LogP contribution in [0.15, 0.2) is 82.3 Å². The number of hydrogen-bond acceptors (Lipinski definition) is 11.